The number of esters is 3. The fourth-order valence-corrected chi connectivity index (χ4v) is 7.61. The standard InChI is InChI=1S/C67H108O6/c1-4-7-10-13-16-19-22-25-28-31-33-36-39-42-45-48-51-54-57-60-66(69)72-63-64(62-71-65(68)59-56-53-50-47-44-41-38-35-30-27-24-21-18-15-12-9-6-3)73-67(70)61-58-55-52-49-46-43-40-37-34-32-29-26-23-20-17-14-11-8-5-2/h16-21,25-30,33-34,36-37,42-43,45-46,51,54,64H,4-15,22-24,31-32,35,38-41,44,47-50,52-53,55-63H2,1-3H3/b19-16-,20-17-,21-18-,28-25-,29-26-,30-27-,36-33-,37-34-,45-42-,46-43-,54-51-/t64-/m0/s1. The lowest BCUT2D eigenvalue weighted by Gasteiger charge is -2.18. The largest absolute Gasteiger partial charge is 0.462 e. The molecule has 0 aliphatic heterocycles. The van der Waals surface area contributed by atoms with Gasteiger partial charge in [-0.3, -0.25) is 14.4 Å². The molecule has 0 aromatic rings. The molecule has 0 aromatic heterocycles. The van der Waals surface area contributed by atoms with E-state index in [1.165, 1.54) is 103 Å². The van der Waals surface area contributed by atoms with Gasteiger partial charge >= 0.3 is 17.9 Å². The normalized spacial score (nSPS) is 13.1. The van der Waals surface area contributed by atoms with Crippen LogP contribution in [0.3, 0.4) is 0 Å². The zero-order valence-electron chi connectivity index (χ0n) is 47.1. The highest BCUT2D eigenvalue weighted by Gasteiger charge is 2.19. The van der Waals surface area contributed by atoms with Crippen LogP contribution in [0, 0.1) is 0 Å². The minimum absolute atomic E-state index is 0.122. The first kappa shape index (κ1) is 68.6. The molecule has 0 aliphatic rings. The molecule has 0 amide bonds. The van der Waals surface area contributed by atoms with Crippen LogP contribution in [0.15, 0.2) is 134 Å². The van der Waals surface area contributed by atoms with E-state index in [9.17, 15) is 14.4 Å². The zero-order chi connectivity index (χ0) is 52.9. The summed E-state index contributed by atoms with van der Waals surface area (Å²) in [5, 5.41) is 0. The van der Waals surface area contributed by atoms with Crippen molar-refractivity contribution < 1.29 is 28.6 Å². The zero-order valence-corrected chi connectivity index (χ0v) is 47.1. The van der Waals surface area contributed by atoms with Gasteiger partial charge in [-0.05, 0) is 135 Å². The van der Waals surface area contributed by atoms with Gasteiger partial charge in [0.15, 0.2) is 6.10 Å². The fourth-order valence-electron chi connectivity index (χ4n) is 7.61. The molecule has 0 unspecified atom stereocenters. The highest BCUT2D eigenvalue weighted by Crippen LogP contribution is 2.13. The molecule has 0 aromatic carbocycles. The average molecular weight is 1010 g/mol. The molecule has 6 heteroatoms. The molecule has 73 heavy (non-hydrogen) atoms. The third kappa shape index (κ3) is 58.3. The van der Waals surface area contributed by atoms with E-state index in [1.54, 1.807) is 0 Å². The maximum atomic E-state index is 12.9. The summed E-state index contributed by atoms with van der Waals surface area (Å²) in [4.78, 5) is 38.2. The summed E-state index contributed by atoms with van der Waals surface area (Å²) in [6.07, 6.45) is 84.5. The van der Waals surface area contributed by atoms with Crippen molar-refractivity contribution >= 4 is 17.9 Å². The molecule has 1 atom stereocenters. The van der Waals surface area contributed by atoms with Gasteiger partial charge in [0.25, 0.3) is 0 Å². The van der Waals surface area contributed by atoms with E-state index < -0.39 is 6.10 Å². The van der Waals surface area contributed by atoms with Crippen molar-refractivity contribution in [2.75, 3.05) is 13.2 Å². The summed E-state index contributed by atoms with van der Waals surface area (Å²) in [5.74, 6) is -1.05. The van der Waals surface area contributed by atoms with Crippen molar-refractivity contribution in [3.05, 3.63) is 134 Å². The topological polar surface area (TPSA) is 78.9 Å². The molecular weight excluding hydrogens is 901 g/mol. The molecule has 0 rings (SSSR count). The van der Waals surface area contributed by atoms with Crippen LogP contribution in [0.1, 0.15) is 252 Å². The van der Waals surface area contributed by atoms with Crippen molar-refractivity contribution in [3.63, 3.8) is 0 Å². The van der Waals surface area contributed by atoms with Gasteiger partial charge in [0.2, 0.25) is 0 Å². The SMILES string of the molecule is CCCCC/C=C\C/C=C\C/C=C\C/C=C\C/C=C\CCC(=O)OC[C@H](COC(=O)CCCCCCCCC/C=C\C/C=C\CCCCC)OC(=O)CCCCC/C=C\C/C=C\C/C=C\C/C=C\CCCCC. The Labute approximate surface area is 449 Å². The van der Waals surface area contributed by atoms with E-state index in [0.717, 1.165) is 96.3 Å². The Morgan fingerprint density at radius 2 is 0.521 bits per heavy atom. The minimum atomic E-state index is -0.834. The van der Waals surface area contributed by atoms with E-state index in [4.69, 9.17) is 14.2 Å². The van der Waals surface area contributed by atoms with Crippen LogP contribution in [-0.4, -0.2) is 37.2 Å². The number of hydrogen-bond acceptors (Lipinski definition) is 6. The Kier molecular flexibility index (Phi) is 56.4. The van der Waals surface area contributed by atoms with Gasteiger partial charge in [-0.15, -0.1) is 0 Å². The van der Waals surface area contributed by atoms with E-state index >= 15 is 0 Å². The van der Waals surface area contributed by atoms with Crippen LogP contribution in [-0.2, 0) is 28.6 Å². The van der Waals surface area contributed by atoms with Crippen LogP contribution < -0.4 is 0 Å². The van der Waals surface area contributed by atoms with Crippen LogP contribution in [0.4, 0.5) is 0 Å². The van der Waals surface area contributed by atoms with Crippen molar-refractivity contribution in [1.29, 1.82) is 0 Å². The molecule has 0 N–H and O–H groups in total. The Hall–Kier alpha value is -4.45. The van der Waals surface area contributed by atoms with Crippen LogP contribution >= 0.6 is 0 Å². The van der Waals surface area contributed by atoms with Gasteiger partial charge in [0.05, 0.1) is 0 Å². The molecule has 0 saturated heterocycles. The van der Waals surface area contributed by atoms with Gasteiger partial charge < -0.3 is 14.2 Å². The molecule has 0 fully saturated rings. The molecule has 0 spiro atoms. The molecular formula is C67H108O6. The number of rotatable bonds is 52. The first-order chi connectivity index (χ1) is 36.0. The number of ether oxygens (including phenoxy) is 3. The molecule has 0 heterocycles. The predicted molar refractivity (Wildman–Crippen MR) is 316 cm³/mol. The Bertz CT molecular complexity index is 1580. The average Bonchev–Trinajstić information content (AvgIpc) is 3.39. The highest BCUT2D eigenvalue weighted by molar-refractivity contribution is 5.71. The Balaban J connectivity index is 4.60. The van der Waals surface area contributed by atoms with E-state index in [1.807, 2.05) is 6.08 Å². The summed E-state index contributed by atoms with van der Waals surface area (Å²) in [6, 6.07) is 0. The van der Waals surface area contributed by atoms with Crippen LogP contribution in [0.2, 0.25) is 0 Å². The number of allylic oxidation sites excluding steroid dienone is 22. The van der Waals surface area contributed by atoms with E-state index in [2.05, 4.69) is 148 Å². The van der Waals surface area contributed by atoms with Crippen LogP contribution in [0.25, 0.3) is 0 Å². The Morgan fingerprint density at radius 1 is 0.274 bits per heavy atom. The van der Waals surface area contributed by atoms with Crippen LogP contribution in [0.5, 0.6) is 0 Å². The third-order valence-corrected chi connectivity index (χ3v) is 12.1. The highest BCUT2D eigenvalue weighted by atomic mass is 16.6. The lowest BCUT2D eigenvalue weighted by Crippen LogP contribution is -2.30. The van der Waals surface area contributed by atoms with Crippen molar-refractivity contribution in [2.24, 2.45) is 0 Å². The lowest BCUT2D eigenvalue weighted by molar-refractivity contribution is -0.166. The number of unbranched alkanes of at least 4 members (excludes halogenated alkanes) is 19. The predicted octanol–water partition coefficient (Wildman–Crippen LogP) is 20.2. The molecule has 0 aliphatic carbocycles. The molecule has 6 nitrogen and oxygen atoms in total. The first-order valence-corrected chi connectivity index (χ1v) is 29.7. The van der Waals surface area contributed by atoms with Gasteiger partial charge in [-0.25, -0.2) is 0 Å². The smallest absolute Gasteiger partial charge is 0.306 e. The van der Waals surface area contributed by atoms with Crippen molar-refractivity contribution in [1.82, 2.24) is 0 Å². The van der Waals surface area contributed by atoms with E-state index in [0.29, 0.717) is 19.3 Å². The van der Waals surface area contributed by atoms with E-state index in [-0.39, 0.29) is 44.0 Å². The quantitative estimate of drug-likeness (QED) is 0.0261. The fraction of sp³-hybridized carbons (Fsp3) is 0.627. The monoisotopic (exact) mass is 1010 g/mol. The van der Waals surface area contributed by atoms with Crippen molar-refractivity contribution in [3.8, 4) is 0 Å². The number of carbonyl (C=O) groups is 3. The second-order valence-corrected chi connectivity index (χ2v) is 19.2. The second kappa shape index (κ2) is 60.1. The summed E-state index contributed by atoms with van der Waals surface area (Å²) >= 11 is 0. The summed E-state index contributed by atoms with van der Waals surface area (Å²) in [6.45, 7) is 6.46. The number of hydrogen-bond donors (Lipinski definition) is 0. The maximum absolute atomic E-state index is 12.9. The molecule has 0 bridgehead atoms. The lowest BCUT2D eigenvalue weighted by atomic mass is 10.1. The summed E-state index contributed by atoms with van der Waals surface area (Å²) < 4.78 is 16.8. The molecule has 0 saturated carbocycles. The Morgan fingerprint density at radius 3 is 0.863 bits per heavy atom. The van der Waals surface area contributed by atoms with Crippen molar-refractivity contribution in [2.45, 2.75) is 258 Å². The molecule has 412 valence electrons. The number of carbonyl (C=O) groups excluding carboxylic acids is 3. The third-order valence-electron chi connectivity index (χ3n) is 12.1. The summed E-state index contributed by atoms with van der Waals surface area (Å²) in [5.41, 5.74) is 0. The van der Waals surface area contributed by atoms with Gasteiger partial charge in [-0.1, -0.05) is 231 Å². The van der Waals surface area contributed by atoms with Gasteiger partial charge in [0, 0.05) is 19.3 Å². The maximum Gasteiger partial charge on any atom is 0.306 e. The molecule has 0 radical (unpaired) electrons. The van der Waals surface area contributed by atoms with Gasteiger partial charge in [0.1, 0.15) is 13.2 Å². The minimum Gasteiger partial charge on any atom is -0.462 e. The first-order valence-electron chi connectivity index (χ1n) is 29.7. The second-order valence-electron chi connectivity index (χ2n) is 19.2. The van der Waals surface area contributed by atoms with Gasteiger partial charge in [-0.2, -0.15) is 0 Å². The summed E-state index contributed by atoms with van der Waals surface area (Å²) in [7, 11) is 0.